The number of hydrogen-bond acceptors (Lipinski definition) is 4. The van der Waals surface area contributed by atoms with Crippen LogP contribution in [-0.2, 0) is 9.59 Å². The van der Waals surface area contributed by atoms with E-state index in [1.165, 1.54) is 0 Å². The molecule has 0 spiro atoms. The highest BCUT2D eigenvalue weighted by atomic mass is 35.5. The molecule has 1 rings (SSSR count). The van der Waals surface area contributed by atoms with Crippen LogP contribution in [0.1, 0.15) is 6.42 Å². The maximum absolute atomic E-state index is 11.8. The zero-order valence-corrected chi connectivity index (χ0v) is 11.4. The second kappa shape index (κ2) is 6.40. The van der Waals surface area contributed by atoms with Gasteiger partial charge in [-0.25, -0.2) is 0 Å². The topological polar surface area (TPSA) is 95.7 Å². The minimum Gasteiger partial charge on any atom is -0.481 e. The molecule has 0 fully saturated rings. The van der Waals surface area contributed by atoms with E-state index in [0.29, 0.717) is 10.7 Å². The van der Waals surface area contributed by atoms with Gasteiger partial charge in [0.05, 0.1) is 23.8 Å². The van der Waals surface area contributed by atoms with Crippen LogP contribution in [0, 0.1) is 0 Å². The number of nitrogens with two attached hydrogens (primary N) is 1. The smallest absolute Gasteiger partial charge is 0.305 e. The van der Waals surface area contributed by atoms with E-state index in [4.69, 9.17) is 22.4 Å². The fourth-order valence-corrected chi connectivity index (χ4v) is 1.68. The van der Waals surface area contributed by atoms with Crippen molar-refractivity contribution in [3.63, 3.8) is 0 Å². The predicted octanol–water partition coefficient (Wildman–Crippen LogP) is 1.15. The van der Waals surface area contributed by atoms with Crippen molar-refractivity contribution in [2.75, 3.05) is 24.3 Å². The second-order valence-electron chi connectivity index (χ2n) is 4.25. The van der Waals surface area contributed by atoms with E-state index >= 15 is 0 Å². The van der Waals surface area contributed by atoms with E-state index in [1.54, 1.807) is 23.1 Å². The number of carboxylic acid groups (broad SMARTS) is 1. The van der Waals surface area contributed by atoms with Crippen molar-refractivity contribution in [2.45, 2.75) is 12.5 Å². The summed E-state index contributed by atoms with van der Waals surface area (Å²) in [6, 6.07) is 3.93. The molecule has 0 heterocycles. The van der Waals surface area contributed by atoms with Crippen LogP contribution in [0.3, 0.4) is 0 Å². The lowest BCUT2D eigenvalue weighted by Gasteiger charge is -2.19. The Morgan fingerprint density at radius 2 is 2.11 bits per heavy atom. The highest BCUT2D eigenvalue weighted by molar-refractivity contribution is 6.31. The van der Waals surface area contributed by atoms with Gasteiger partial charge in [0.2, 0.25) is 5.91 Å². The number of aliphatic carboxylic acids is 1. The lowest BCUT2D eigenvalue weighted by molar-refractivity contribution is -0.138. The van der Waals surface area contributed by atoms with Crippen LogP contribution in [-0.4, -0.2) is 37.1 Å². The molecule has 1 atom stereocenters. The van der Waals surface area contributed by atoms with Gasteiger partial charge in [-0.3, -0.25) is 9.59 Å². The molecule has 0 saturated heterocycles. The highest BCUT2D eigenvalue weighted by Gasteiger charge is 2.18. The largest absolute Gasteiger partial charge is 0.481 e. The Morgan fingerprint density at radius 1 is 1.47 bits per heavy atom. The van der Waals surface area contributed by atoms with E-state index in [9.17, 15) is 9.59 Å². The number of halogens is 1. The molecule has 1 aromatic carbocycles. The lowest BCUT2D eigenvalue weighted by atomic mass is 10.2. The first-order valence-electron chi connectivity index (χ1n) is 5.56. The molecule has 0 aliphatic heterocycles. The van der Waals surface area contributed by atoms with Gasteiger partial charge < -0.3 is 21.1 Å². The summed E-state index contributed by atoms with van der Waals surface area (Å²) in [4.78, 5) is 24.1. The molecule has 104 valence electrons. The third kappa shape index (κ3) is 4.42. The summed E-state index contributed by atoms with van der Waals surface area (Å²) in [6.45, 7) is 0. The van der Waals surface area contributed by atoms with Crippen LogP contribution in [0.25, 0.3) is 0 Å². The monoisotopic (exact) mass is 285 g/mol. The van der Waals surface area contributed by atoms with Crippen LogP contribution in [0.15, 0.2) is 18.2 Å². The van der Waals surface area contributed by atoms with E-state index in [0.717, 1.165) is 5.69 Å². The number of carbonyl (C=O) groups is 2. The molecule has 0 aliphatic rings. The Balaban J connectivity index is 2.89. The number of benzene rings is 1. The normalized spacial score (nSPS) is 11.8. The summed E-state index contributed by atoms with van der Waals surface area (Å²) < 4.78 is 0. The third-order valence-corrected chi connectivity index (χ3v) is 2.66. The Bertz CT molecular complexity index is 491. The average molecular weight is 286 g/mol. The number of nitrogens with zero attached hydrogens (tertiary/aromatic N) is 1. The minimum absolute atomic E-state index is 0.427. The van der Waals surface area contributed by atoms with Crippen molar-refractivity contribution in [2.24, 2.45) is 5.73 Å². The molecule has 0 aliphatic carbocycles. The Labute approximate surface area is 116 Å². The molecule has 0 saturated carbocycles. The molecule has 7 heteroatoms. The minimum atomic E-state index is -1.12. The summed E-state index contributed by atoms with van der Waals surface area (Å²) in [5.74, 6) is -1.69. The zero-order valence-electron chi connectivity index (χ0n) is 10.7. The number of anilines is 2. The first-order chi connectivity index (χ1) is 8.81. The Kier molecular flexibility index (Phi) is 5.14. The molecule has 0 bridgehead atoms. The number of rotatable bonds is 5. The van der Waals surface area contributed by atoms with Gasteiger partial charge in [-0.1, -0.05) is 11.6 Å². The molecule has 1 amide bonds. The number of nitrogens with one attached hydrogen (secondary N) is 1. The predicted molar refractivity (Wildman–Crippen MR) is 74.6 cm³/mol. The second-order valence-corrected chi connectivity index (χ2v) is 4.69. The van der Waals surface area contributed by atoms with E-state index in [-0.39, 0.29) is 0 Å². The molecular weight excluding hydrogens is 270 g/mol. The molecule has 1 unspecified atom stereocenters. The van der Waals surface area contributed by atoms with Crippen LogP contribution >= 0.6 is 11.6 Å². The van der Waals surface area contributed by atoms with E-state index < -0.39 is 24.3 Å². The van der Waals surface area contributed by atoms with Gasteiger partial charge in [-0.15, -0.1) is 0 Å². The van der Waals surface area contributed by atoms with Crippen LogP contribution < -0.4 is 16.0 Å². The molecule has 0 aromatic heterocycles. The SMILES string of the molecule is CN(C)c1ccc(Cl)cc1NC(=O)C(N)CC(=O)O. The standard InChI is InChI=1S/C12H16ClN3O3/c1-16(2)10-4-3-7(13)5-9(10)15-12(19)8(14)6-11(17)18/h3-5,8H,6,14H2,1-2H3,(H,15,19)(H,17,18). The summed E-state index contributed by atoms with van der Waals surface area (Å²) in [7, 11) is 3.63. The molecule has 6 nitrogen and oxygen atoms in total. The first kappa shape index (κ1) is 15.3. The van der Waals surface area contributed by atoms with Gasteiger partial charge in [-0.05, 0) is 18.2 Å². The molecule has 0 radical (unpaired) electrons. The van der Waals surface area contributed by atoms with E-state index in [1.807, 2.05) is 14.1 Å². The number of hydrogen-bond donors (Lipinski definition) is 3. The van der Waals surface area contributed by atoms with Crippen molar-refractivity contribution in [3.8, 4) is 0 Å². The maximum atomic E-state index is 11.8. The van der Waals surface area contributed by atoms with Gasteiger partial charge >= 0.3 is 5.97 Å². The molecule has 4 N–H and O–H groups in total. The number of carbonyl (C=O) groups excluding carboxylic acids is 1. The summed E-state index contributed by atoms with van der Waals surface area (Å²) in [6.07, 6.45) is -0.427. The summed E-state index contributed by atoms with van der Waals surface area (Å²) in [5.41, 5.74) is 6.73. The highest BCUT2D eigenvalue weighted by Crippen LogP contribution is 2.27. The maximum Gasteiger partial charge on any atom is 0.305 e. The van der Waals surface area contributed by atoms with Gasteiger partial charge in [0.25, 0.3) is 0 Å². The van der Waals surface area contributed by atoms with Crippen LogP contribution in [0.2, 0.25) is 5.02 Å². The fourth-order valence-electron chi connectivity index (χ4n) is 1.50. The van der Waals surface area contributed by atoms with Crippen molar-refractivity contribution in [1.82, 2.24) is 0 Å². The number of amides is 1. The fraction of sp³-hybridized carbons (Fsp3) is 0.333. The number of carboxylic acids is 1. The van der Waals surface area contributed by atoms with Crippen molar-refractivity contribution >= 4 is 34.9 Å². The van der Waals surface area contributed by atoms with Gasteiger partial charge in [0.15, 0.2) is 0 Å². The Morgan fingerprint density at radius 3 is 2.63 bits per heavy atom. The van der Waals surface area contributed by atoms with Gasteiger partial charge in [0.1, 0.15) is 0 Å². The zero-order chi connectivity index (χ0) is 14.6. The van der Waals surface area contributed by atoms with Crippen LogP contribution in [0.5, 0.6) is 0 Å². The van der Waals surface area contributed by atoms with E-state index in [2.05, 4.69) is 5.32 Å². The molecular formula is C12H16ClN3O3. The molecule has 1 aromatic rings. The van der Waals surface area contributed by atoms with Crippen molar-refractivity contribution in [1.29, 1.82) is 0 Å². The first-order valence-corrected chi connectivity index (χ1v) is 5.94. The third-order valence-electron chi connectivity index (χ3n) is 2.43. The summed E-state index contributed by atoms with van der Waals surface area (Å²) in [5, 5.41) is 11.6. The lowest BCUT2D eigenvalue weighted by Crippen LogP contribution is -2.37. The van der Waals surface area contributed by atoms with Gasteiger partial charge in [0, 0.05) is 19.1 Å². The molecule has 19 heavy (non-hydrogen) atoms. The summed E-state index contributed by atoms with van der Waals surface area (Å²) >= 11 is 5.87. The van der Waals surface area contributed by atoms with Crippen LogP contribution in [0.4, 0.5) is 11.4 Å². The quantitative estimate of drug-likeness (QED) is 0.754. The average Bonchev–Trinajstić information content (AvgIpc) is 2.27. The van der Waals surface area contributed by atoms with Gasteiger partial charge in [-0.2, -0.15) is 0 Å². The Hall–Kier alpha value is -1.79. The van der Waals surface area contributed by atoms with Crippen molar-refractivity contribution < 1.29 is 14.7 Å². The van der Waals surface area contributed by atoms with Crippen molar-refractivity contribution in [3.05, 3.63) is 23.2 Å².